The van der Waals surface area contributed by atoms with Crippen molar-refractivity contribution >= 4 is 39.1 Å². The van der Waals surface area contributed by atoms with Crippen LogP contribution in [0.4, 0.5) is 5.69 Å². The third kappa shape index (κ3) is 4.25. The maximum atomic E-state index is 13.0. The highest BCUT2D eigenvalue weighted by Crippen LogP contribution is 2.34. The number of anilines is 1. The smallest absolute Gasteiger partial charge is 0.234 e. The van der Waals surface area contributed by atoms with Crippen LogP contribution in [0.25, 0.3) is 0 Å². The van der Waals surface area contributed by atoms with Crippen LogP contribution in [0, 0.1) is 0 Å². The van der Waals surface area contributed by atoms with Gasteiger partial charge in [-0.2, -0.15) is 0 Å². The van der Waals surface area contributed by atoms with Crippen LogP contribution in [-0.2, 0) is 25.8 Å². The van der Waals surface area contributed by atoms with E-state index in [0.29, 0.717) is 11.4 Å². The van der Waals surface area contributed by atoms with Gasteiger partial charge in [0.15, 0.2) is 9.84 Å². The number of fused-ring (bicyclic) bond motifs is 2. The lowest BCUT2D eigenvalue weighted by Crippen LogP contribution is -2.34. The number of sulfone groups is 1. The topological polar surface area (TPSA) is 92.3 Å². The van der Waals surface area contributed by atoms with Crippen LogP contribution in [0.2, 0.25) is 0 Å². The number of amides is 2. The van der Waals surface area contributed by atoms with Gasteiger partial charge < -0.3 is 10.6 Å². The number of hydrogen-bond donors (Lipinski definition) is 2. The molecule has 2 aromatic rings. The van der Waals surface area contributed by atoms with Crippen molar-refractivity contribution in [2.24, 2.45) is 0 Å². The Bertz CT molecular complexity index is 1100. The summed E-state index contributed by atoms with van der Waals surface area (Å²) in [6.07, 6.45) is 2.74. The summed E-state index contributed by atoms with van der Waals surface area (Å²) in [6, 6.07) is 12.7. The summed E-state index contributed by atoms with van der Waals surface area (Å²) in [6.45, 7) is 1.55. The Labute approximate surface area is 180 Å². The number of nitrogens with one attached hydrogen (secondary N) is 2. The Morgan fingerprint density at radius 3 is 2.90 bits per heavy atom. The maximum absolute atomic E-state index is 13.0. The molecule has 1 aliphatic carbocycles. The van der Waals surface area contributed by atoms with Gasteiger partial charge in [-0.05, 0) is 55.5 Å². The Hall–Kier alpha value is -2.32. The predicted molar refractivity (Wildman–Crippen MR) is 117 cm³/mol. The minimum absolute atomic E-state index is 0.0756. The van der Waals surface area contributed by atoms with Gasteiger partial charge in [-0.1, -0.05) is 24.3 Å². The molecule has 2 aliphatic rings. The van der Waals surface area contributed by atoms with Crippen LogP contribution in [0.1, 0.15) is 43.4 Å². The van der Waals surface area contributed by atoms with Crippen LogP contribution in [0.5, 0.6) is 0 Å². The molecule has 2 atom stereocenters. The van der Waals surface area contributed by atoms with Crippen molar-refractivity contribution in [1.29, 1.82) is 0 Å². The summed E-state index contributed by atoms with van der Waals surface area (Å²) >= 11 is 1.38. The molecule has 2 N–H and O–H groups in total. The first-order valence-electron chi connectivity index (χ1n) is 10.0. The van der Waals surface area contributed by atoms with Crippen LogP contribution in [0.15, 0.2) is 52.3 Å². The number of rotatable bonds is 5. The SMILES string of the molecule is CC(CC(=O)NC1CCCc2ccccc21)S(=O)(=O)c1ccc2c(c1)NC(=O)CS2. The van der Waals surface area contributed by atoms with E-state index in [1.165, 1.54) is 23.4 Å². The zero-order valence-electron chi connectivity index (χ0n) is 16.7. The van der Waals surface area contributed by atoms with Crippen LogP contribution >= 0.6 is 11.8 Å². The van der Waals surface area contributed by atoms with E-state index >= 15 is 0 Å². The molecule has 0 saturated heterocycles. The molecule has 30 heavy (non-hydrogen) atoms. The lowest BCUT2D eigenvalue weighted by atomic mass is 9.87. The molecule has 2 amide bonds. The van der Waals surface area contributed by atoms with E-state index in [1.54, 1.807) is 19.1 Å². The van der Waals surface area contributed by atoms with Gasteiger partial charge in [-0.25, -0.2) is 8.42 Å². The molecule has 0 bridgehead atoms. The Morgan fingerprint density at radius 2 is 2.07 bits per heavy atom. The summed E-state index contributed by atoms with van der Waals surface area (Å²) in [4.78, 5) is 25.2. The second-order valence-electron chi connectivity index (χ2n) is 7.77. The standard InChI is InChI=1S/C22H24N2O4S2/c1-14(11-21(25)23-18-8-4-6-15-5-2-3-7-17(15)18)30(27,28)16-9-10-20-19(12-16)24-22(26)13-29-20/h2-3,5,7,9-10,12,14,18H,4,6,8,11,13H2,1H3,(H,23,25)(H,24,26). The first kappa shape index (κ1) is 20.9. The Balaban J connectivity index is 1.46. The molecule has 6 nitrogen and oxygen atoms in total. The molecule has 4 rings (SSSR count). The number of carbonyl (C=O) groups excluding carboxylic acids is 2. The van der Waals surface area contributed by atoms with Crippen molar-refractivity contribution in [3.05, 3.63) is 53.6 Å². The number of hydrogen-bond acceptors (Lipinski definition) is 5. The number of benzene rings is 2. The normalized spacial score (nSPS) is 19.2. The van der Waals surface area contributed by atoms with Gasteiger partial charge in [0.25, 0.3) is 0 Å². The average molecular weight is 445 g/mol. The third-order valence-electron chi connectivity index (χ3n) is 5.62. The summed E-state index contributed by atoms with van der Waals surface area (Å²) in [7, 11) is -3.71. The molecule has 1 aliphatic heterocycles. The van der Waals surface area contributed by atoms with Crippen molar-refractivity contribution in [3.8, 4) is 0 Å². The average Bonchev–Trinajstić information content (AvgIpc) is 2.73. The summed E-state index contributed by atoms with van der Waals surface area (Å²) in [5.74, 6) is -0.100. The highest BCUT2D eigenvalue weighted by molar-refractivity contribution is 8.00. The fraction of sp³-hybridized carbons (Fsp3) is 0.364. The van der Waals surface area contributed by atoms with Gasteiger partial charge in [0.05, 0.1) is 27.6 Å². The monoisotopic (exact) mass is 444 g/mol. The molecule has 0 fully saturated rings. The van der Waals surface area contributed by atoms with E-state index in [2.05, 4.69) is 16.7 Å². The number of thioether (sulfide) groups is 1. The van der Waals surface area contributed by atoms with Gasteiger partial charge >= 0.3 is 0 Å². The first-order valence-corrected chi connectivity index (χ1v) is 12.6. The van der Waals surface area contributed by atoms with Crippen molar-refractivity contribution in [2.45, 2.75) is 53.7 Å². The minimum Gasteiger partial charge on any atom is -0.349 e. The molecular formula is C22H24N2O4S2. The van der Waals surface area contributed by atoms with Crippen LogP contribution < -0.4 is 10.6 Å². The molecule has 0 spiro atoms. The molecule has 2 aromatic carbocycles. The van der Waals surface area contributed by atoms with Crippen LogP contribution in [-0.4, -0.2) is 31.2 Å². The molecule has 0 saturated carbocycles. The van der Waals surface area contributed by atoms with E-state index in [9.17, 15) is 18.0 Å². The number of carbonyl (C=O) groups is 2. The Morgan fingerprint density at radius 1 is 1.27 bits per heavy atom. The van der Waals surface area contributed by atoms with E-state index in [0.717, 1.165) is 29.7 Å². The van der Waals surface area contributed by atoms with Crippen molar-refractivity contribution < 1.29 is 18.0 Å². The molecule has 1 heterocycles. The number of aryl methyl sites for hydroxylation is 1. The molecule has 0 radical (unpaired) electrons. The first-order chi connectivity index (χ1) is 14.3. The predicted octanol–water partition coefficient (Wildman–Crippen LogP) is 3.48. The van der Waals surface area contributed by atoms with Gasteiger partial charge in [-0.3, -0.25) is 9.59 Å². The van der Waals surface area contributed by atoms with Crippen molar-refractivity contribution in [1.82, 2.24) is 5.32 Å². The summed E-state index contributed by atoms with van der Waals surface area (Å²) in [5, 5.41) is 4.86. The zero-order chi connectivity index (χ0) is 21.3. The molecular weight excluding hydrogens is 420 g/mol. The molecule has 0 aromatic heterocycles. The second kappa shape index (κ2) is 8.43. The maximum Gasteiger partial charge on any atom is 0.234 e. The van der Waals surface area contributed by atoms with Crippen LogP contribution in [0.3, 0.4) is 0 Å². The highest BCUT2D eigenvalue weighted by atomic mass is 32.2. The van der Waals surface area contributed by atoms with Gasteiger partial charge in [0.1, 0.15) is 0 Å². The minimum atomic E-state index is -3.71. The Kier molecular flexibility index (Phi) is 5.88. The zero-order valence-corrected chi connectivity index (χ0v) is 18.3. The van der Waals surface area contributed by atoms with E-state index < -0.39 is 15.1 Å². The fourth-order valence-electron chi connectivity index (χ4n) is 4.00. The fourth-order valence-corrected chi connectivity index (χ4v) is 6.16. The highest BCUT2D eigenvalue weighted by Gasteiger charge is 2.29. The molecule has 158 valence electrons. The van der Waals surface area contributed by atoms with E-state index in [4.69, 9.17) is 0 Å². The molecule has 2 unspecified atom stereocenters. The lowest BCUT2D eigenvalue weighted by Gasteiger charge is -2.27. The van der Waals surface area contributed by atoms with E-state index in [-0.39, 0.29) is 29.2 Å². The quantitative estimate of drug-likeness (QED) is 0.737. The van der Waals surface area contributed by atoms with Gasteiger partial charge in [0, 0.05) is 11.3 Å². The largest absolute Gasteiger partial charge is 0.349 e. The lowest BCUT2D eigenvalue weighted by molar-refractivity contribution is -0.122. The molecule has 8 heteroatoms. The van der Waals surface area contributed by atoms with E-state index in [1.807, 2.05) is 18.2 Å². The van der Waals surface area contributed by atoms with Gasteiger partial charge in [0.2, 0.25) is 11.8 Å². The summed E-state index contributed by atoms with van der Waals surface area (Å²) in [5.41, 5.74) is 2.87. The van der Waals surface area contributed by atoms with Crippen molar-refractivity contribution in [3.63, 3.8) is 0 Å². The van der Waals surface area contributed by atoms with Gasteiger partial charge in [-0.15, -0.1) is 11.8 Å². The second-order valence-corrected chi connectivity index (χ2v) is 11.1. The van der Waals surface area contributed by atoms with Crippen molar-refractivity contribution in [2.75, 3.05) is 11.1 Å². The summed E-state index contributed by atoms with van der Waals surface area (Å²) < 4.78 is 26.1. The third-order valence-corrected chi connectivity index (χ3v) is 8.83.